The average Bonchev–Trinajstić information content (AvgIpc) is 2.69. The molecule has 0 N–H and O–H groups in total. The first-order chi connectivity index (χ1) is 13.1. The van der Waals surface area contributed by atoms with Gasteiger partial charge in [-0.3, -0.25) is 14.9 Å². The van der Waals surface area contributed by atoms with Crippen LogP contribution in [0.4, 0.5) is 5.69 Å². The number of non-ortho nitro benzene ring substituents is 1. The summed E-state index contributed by atoms with van der Waals surface area (Å²) in [6.07, 6.45) is 1.76. The molecule has 0 spiro atoms. The highest BCUT2D eigenvalue weighted by atomic mass is 32.2. The predicted molar refractivity (Wildman–Crippen MR) is 105 cm³/mol. The lowest BCUT2D eigenvalue weighted by atomic mass is 9.92. The Labute approximate surface area is 162 Å². The lowest BCUT2D eigenvalue weighted by Gasteiger charge is -2.47. The van der Waals surface area contributed by atoms with E-state index < -0.39 is 4.92 Å². The van der Waals surface area contributed by atoms with Crippen LogP contribution in [0.2, 0.25) is 0 Å². The van der Waals surface area contributed by atoms with Crippen LogP contribution in [0.3, 0.4) is 0 Å². The van der Waals surface area contributed by atoms with Crippen LogP contribution in [0, 0.1) is 10.1 Å². The molecule has 1 saturated heterocycles. The van der Waals surface area contributed by atoms with Gasteiger partial charge in [0.1, 0.15) is 5.25 Å². The number of methoxy groups -OCH3 is 1. The first kappa shape index (κ1) is 19.4. The van der Waals surface area contributed by atoms with Crippen molar-refractivity contribution in [2.75, 3.05) is 20.3 Å². The fourth-order valence-electron chi connectivity index (χ4n) is 3.20. The summed E-state index contributed by atoms with van der Waals surface area (Å²) in [6.45, 7) is 1.34. The Morgan fingerprint density at radius 2 is 1.81 bits per heavy atom. The Morgan fingerprint density at radius 3 is 2.44 bits per heavy atom. The molecule has 0 bridgehead atoms. The number of nitro benzene ring substituents is 1. The predicted octanol–water partition coefficient (Wildman–Crippen LogP) is 4.07. The van der Waals surface area contributed by atoms with Gasteiger partial charge in [0.25, 0.3) is 5.69 Å². The third-order valence-corrected chi connectivity index (χ3v) is 5.86. The quantitative estimate of drug-likeness (QED) is 0.281. The van der Waals surface area contributed by atoms with E-state index in [1.807, 2.05) is 35.2 Å². The lowest BCUT2D eigenvalue weighted by Crippen LogP contribution is -2.57. The summed E-state index contributed by atoms with van der Waals surface area (Å²) in [6, 6.07) is 16.3. The Kier molecular flexibility index (Phi) is 6.47. The molecule has 0 aliphatic carbocycles. The standard InChI is InChI=1S/C20H22N2O4S/c1-26-14-6-5-13-21-18(15-9-11-16(12-10-15)22(24)25)19(20(21)23)27-17-7-3-2-4-8-17/h2-4,7-12,18-19H,5-6,13-14H2,1H3/t18-,19+/m1/s1. The summed E-state index contributed by atoms with van der Waals surface area (Å²) in [7, 11) is 1.67. The first-order valence-corrected chi connectivity index (χ1v) is 9.75. The molecule has 27 heavy (non-hydrogen) atoms. The van der Waals surface area contributed by atoms with Crippen molar-refractivity contribution in [1.29, 1.82) is 0 Å². The molecule has 0 aromatic heterocycles. The van der Waals surface area contributed by atoms with Crippen LogP contribution in [0.5, 0.6) is 0 Å². The largest absolute Gasteiger partial charge is 0.385 e. The third-order valence-electron chi connectivity index (χ3n) is 4.60. The lowest BCUT2D eigenvalue weighted by molar-refractivity contribution is -0.384. The highest BCUT2D eigenvalue weighted by Gasteiger charge is 2.48. The number of carbonyl (C=O) groups excluding carboxylic acids is 1. The van der Waals surface area contributed by atoms with E-state index >= 15 is 0 Å². The number of hydrogen-bond donors (Lipinski definition) is 0. The summed E-state index contributed by atoms with van der Waals surface area (Å²) in [5.74, 6) is 0.115. The second-order valence-electron chi connectivity index (χ2n) is 6.38. The van der Waals surface area contributed by atoms with E-state index in [4.69, 9.17) is 4.74 Å². The Hall–Kier alpha value is -2.38. The minimum atomic E-state index is -0.408. The maximum Gasteiger partial charge on any atom is 0.269 e. The van der Waals surface area contributed by atoms with E-state index in [-0.39, 0.29) is 22.9 Å². The molecule has 7 heteroatoms. The van der Waals surface area contributed by atoms with Crippen molar-refractivity contribution in [3.05, 3.63) is 70.3 Å². The third kappa shape index (κ3) is 4.48. The number of likely N-dealkylation sites (tertiary alicyclic amines) is 1. The summed E-state index contributed by atoms with van der Waals surface area (Å²) >= 11 is 1.55. The van der Waals surface area contributed by atoms with Gasteiger partial charge in [-0.2, -0.15) is 0 Å². The summed E-state index contributed by atoms with van der Waals surface area (Å²) in [5.41, 5.74) is 0.990. The second-order valence-corrected chi connectivity index (χ2v) is 7.59. The number of nitrogens with zero attached hydrogens (tertiary/aromatic N) is 2. The fraction of sp³-hybridized carbons (Fsp3) is 0.350. The van der Waals surface area contributed by atoms with Crippen LogP contribution in [-0.4, -0.2) is 41.2 Å². The maximum atomic E-state index is 12.8. The van der Waals surface area contributed by atoms with Gasteiger partial charge in [-0.1, -0.05) is 30.3 Å². The number of unbranched alkanes of at least 4 members (excludes halogenated alkanes) is 1. The molecule has 0 unspecified atom stereocenters. The van der Waals surface area contributed by atoms with Crippen molar-refractivity contribution in [3.63, 3.8) is 0 Å². The first-order valence-electron chi connectivity index (χ1n) is 8.87. The molecular weight excluding hydrogens is 364 g/mol. The molecule has 1 aliphatic heterocycles. The van der Waals surface area contributed by atoms with E-state index in [1.165, 1.54) is 12.1 Å². The number of hydrogen-bond acceptors (Lipinski definition) is 5. The second kappa shape index (κ2) is 9.01. The molecule has 2 aromatic rings. The number of rotatable bonds is 9. The Bertz CT molecular complexity index is 782. The van der Waals surface area contributed by atoms with Crippen molar-refractivity contribution in [2.45, 2.75) is 29.0 Å². The zero-order valence-corrected chi connectivity index (χ0v) is 15.9. The summed E-state index contributed by atoms with van der Waals surface area (Å²) in [5, 5.41) is 10.7. The zero-order valence-electron chi connectivity index (χ0n) is 15.1. The molecule has 0 saturated carbocycles. The van der Waals surface area contributed by atoms with Crippen molar-refractivity contribution in [1.82, 2.24) is 4.90 Å². The van der Waals surface area contributed by atoms with Gasteiger partial charge < -0.3 is 9.64 Å². The summed E-state index contributed by atoms with van der Waals surface area (Å²) in [4.78, 5) is 26.2. The molecule has 142 valence electrons. The van der Waals surface area contributed by atoms with Crippen molar-refractivity contribution < 1.29 is 14.5 Å². The van der Waals surface area contributed by atoms with Crippen molar-refractivity contribution in [2.24, 2.45) is 0 Å². The summed E-state index contributed by atoms with van der Waals surface area (Å²) < 4.78 is 5.08. The highest BCUT2D eigenvalue weighted by Crippen LogP contribution is 2.45. The molecule has 1 aliphatic rings. The van der Waals surface area contributed by atoms with E-state index in [2.05, 4.69) is 0 Å². The van der Waals surface area contributed by atoms with Crippen LogP contribution < -0.4 is 0 Å². The average molecular weight is 386 g/mol. The molecule has 6 nitrogen and oxygen atoms in total. The van der Waals surface area contributed by atoms with Gasteiger partial charge in [0, 0.05) is 37.3 Å². The molecule has 3 rings (SSSR count). The molecule has 2 aromatic carbocycles. The van der Waals surface area contributed by atoms with Gasteiger partial charge in [0.15, 0.2) is 0 Å². The van der Waals surface area contributed by atoms with Crippen molar-refractivity contribution >= 4 is 23.4 Å². The topological polar surface area (TPSA) is 72.7 Å². The number of β-lactam (4-membered cyclic amide) rings is 1. The van der Waals surface area contributed by atoms with Gasteiger partial charge in [-0.25, -0.2) is 0 Å². The van der Waals surface area contributed by atoms with E-state index in [0.29, 0.717) is 13.2 Å². The molecule has 1 heterocycles. The van der Waals surface area contributed by atoms with Gasteiger partial charge >= 0.3 is 0 Å². The van der Waals surface area contributed by atoms with Crippen LogP contribution in [0.25, 0.3) is 0 Å². The van der Waals surface area contributed by atoms with Crippen LogP contribution in [-0.2, 0) is 9.53 Å². The van der Waals surface area contributed by atoms with E-state index in [1.54, 1.807) is 31.0 Å². The van der Waals surface area contributed by atoms with Gasteiger partial charge in [-0.15, -0.1) is 11.8 Å². The van der Waals surface area contributed by atoms with Gasteiger partial charge in [-0.05, 0) is 30.5 Å². The Balaban J connectivity index is 1.77. The Morgan fingerprint density at radius 1 is 1.11 bits per heavy atom. The highest BCUT2D eigenvalue weighted by molar-refractivity contribution is 8.00. The molecule has 0 radical (unpaired) electrons. The fourth-order valence-corrected chi connectivity index (χ4v) is 4.48. The van der Waals surface area contributed by atoms with Crippen LogP contribution in [0.15, 0.2) is 59.5 Å². The smallest absolute Gasteiger partial charge is 0.269 e. The number of benzene rings is 2. The molecule has 2 atom stereocenters. The van der Waals surface area contributed by atoms with Crippen molar-refractivity contribution in [3.8, 4) is 0 Å². The normalized spacial score (nSPS) is 19.0. The minimum absolute atomic E-state index is 0.0586. The molecular formula is C20H22N2O4S. The van der Waals surface area contributed by atoms with Gasteiger partial charge in [0.05, 0.1) is 11.0 Å². The number of nitro groups is 1. The van der Waals surface area contributed by atoms with E-state index in [9.17, 15) is 14.9 Å². The minimum Gasteiger partial charge on any atom is -0.385 e. The van der Waals surface area contributed by atoms with Crippen LogP contribution in [0.1, 0.15) is 24.4 Å². The zero-order chi connectivity index (χ0) is 19.2. The molecule has 1 amide bonds. The number of thioether (sulfide) groups is 1. The molecule has 1 fully saturated rings. The SMILES string of the molecule is COCCCCN1C(=O)[C@@H](Sc2ccccc2)[C@H]1c1ccc([N+](=O)[O-])cc1. The maximum absolute atomic E-state index is 12.8. The van der Waals surface area contributed by atoms with Crippen LogP contribution >= 0.6 is 11.8 Å². The van der Waals surface area contributed by atoms with E-state index in [0.717, 1.165) is 23.3 Å². The number of ether oxygens (including phenoxy) is 1. The van der Waals surface area contributed by atoms with Gasteiger partial charge in [0.2, 0.25) is 5.91 Å². The number of amides is 1. The monoisotopic (exact) mass is 386 g/mol. The number of carbonyl (C=O) groups is 1.